The van der Waals surface area contributed by atoms with Crippen LogP contribution in [-0.2, 0) is 0 Å². The highest BCUT2D eigenvalue weighted by molar-refractivity contribution is 5.07. The van der Waals surface area contributed by atoms with Gasteiger partial charge in [0.15, 0.2) is 0 Å². The molecule has 0 bridgehead atoms. The van der Waals surface area contributed by atoms with Crippen LogP contribution in [0.2, 0.25) is 0 Å². The van der Waals surface area contributed by atoms with Crippen LogP contribution in [0.3, 0.4) is 0 Å². The first-order chi connectivity index (χ1) is 6.50. The van der Waals surface area contributed by atoms with Gasteiger partial charge in [-0.1, -0.05) is 49.6 Å². The van der Waals surface area contributed by atoms with Crippen LogP contribution in [0.4, 0.5) is 0 Å². The maximum Gasteiger partial charge on any atom is -0.0227 e. The maximum absolute atomic E-state index is 3.17. The third-order valence-electron chi connectivity index (χ3n) is 2.28. The molecule has 0 nitrogen and oxygen atoms in total. The summed E-state index contributed by atoms with van der Waals surface area (Å²) in [5.74, 6) is 0. The highest BCUT2D eigenvalue weighted by atomic mass is 13.9. The molecule has 0 heterocycles. The smallest absolute Gasteiger partial charge is 0.0227 e. The summed E-state index contributed by atoms with van der Waals surface area (Å²) in [6, 6.07) is 0. The minimum absolute atomic E-state index is 1.19. The van der Waals surface area contributed by atoms with Crippen LogP contribution in [-0.4, -0.2) is 0 Å². The van der Waals surface area contributed by atoms with E-state index in [4.69, 9.17) is 0 Å². The minimum atomic E-state index is 1.19. The lowest BCUT2D eigenvalue weighted by atomic mass is 10.1. The first-order valence-electron chi connectivity index (χ1n) is 5.39. The van der Waals surface area contributed by atoms with E-state index in [0.717, 1.165) is 0 Å². The summed E-state index contributed by atoms with van der Waals surface area (Å²) < 4.78 is 0. The molecular weight excluding hydrogens is 156 g/mol. The van der Waals surface area contributed by atoms with Crippen molar-refractivity contribution in [2.24, 2.45) is 0 Å². The summed E-state index contributed by atoms with van der Waals surface area (Å²) in [6.07, 6.45) is 23.0. The van der Waals surface area contributed by atoms with Crippen molar-refractivity contribution in [3.63, 3.8) is 0 Å². The van der Waals surface area contributed by atoms with E-state index in [2.05, 4.69) is 30.4 Å². The van der Waals surface area contributed by atoms with Crippen molar-refractivity contribution in [1.82, 2.24) is 0 Å². The molecule has 0 saturated carbocycles. The van der Waals surface area contributed by atoms with Crippen molar-refractivity contribution < 1.29 is 0 Å². The molecule has 0 aromatic heterocycles. The minimum Gasteiger partial charge on any atom is -0.0845 e. The molecule has 0 amide bonds. The van der Waals surface area contributed by atoms with Crippen LogP contribution in [0.5, 0.6) is 0 Å². The molecule has 1 rings (SSSR count). The van der Waals surface area contributed by atoms with Gasteiger partial charge >= 0.3 is 0 Å². The Morgan fingerprint density at radius 1 is 0.769 bits per heavy atom. The fourth-order valence-corrected chi connectivity index (χ4v) is 1.48. The van der Waals surface area contributed by atoms with Gasteiger partial charge in [-0.15, -0.1) is 0 Å². The van der Waals surface area contributed by atoms with Crippen LogP contribution >= 0.6 is 0 Å². The molecule has 0 heteroatoms. The van der Waals surface area contributed by atoms with Gasteiger partial charge in [0.05, 0.1) is 0 Å². The summed E-state index contributed by atoms with van der Waals surface area (Å²) in [5.41, 5.74) is 0. The molecule has 1 radical (unpaired) electrons. The third-order valence-corrected chi connectivity index (χ3v) is 2.28. The number of rotatable bonds is 0. The largest absolute Gasteiger partial charge is 0.0845 e. The molecule has 0 fully saturated rings. The van der Waals surface area contributed by atoms with Gasteiger partial charge in [0.2, 0.25) is 0 Å². The normalized spacial score (nSPS) is 20.3. The molecule has 0 atom stereocenters. The molecule has 1 aliphatic rings. The van der Waals surface area contributed by atoms with Gasteiger partial charge in [-0.3, -0.25) is 0 Å². The van der Waals surface area contributed by atoms with Crippen molar-refractivity contribution in [2.75, 3.05) is 0 Å². The van der Waals surface area contributed by atoms with Crippen molar-refractivity contribution in [1.29, 1.82) is 0 Å². The Labute approximate surface area is 82.0 Å². The first-order valence-corrected chi connectivity index (χ1v) is 5.39. The lowest BCUT2D eigenvalue weighted by Gasteiger charge is -1.97. The van der Waals surface area contributed by atoms with Gasteiger partial charge in [-0.2, -0.15) is 0 Å². The zero-order chi connectivity index (χ0) is 9.19. The second-order valence-electron chi connectivity index (χ2n) is 3.50. The molecule has 13 heavy (non-hydrogen) atoms. The van der Waals surface area contributed by atoms with Crippen molar-refractivity contribution in [2.45, 2.75) is 44.9 Å². The van der Waals surface area contributed by atoms with E-state index in [0.29, 0.717) is 0 Å². The Kier molecular flexibility index (Phi) is 6.22. The molecule has 71 valence electrons. The maximum atomic E-state index is 3.17. The third kappa shape index (κ3) is 6.39. The molecule has 1 aliphatic carbocycles. The van der Waals surface area contributed by atoms with Crippen molar-refractivity contribution >= 4 is 0 Å². The van der Waals surface area contributed by atoms with Gasteiger partial charge < -0.3 is 0 Å². The Morgan fingerprint density at radius 2 is 1.54 bits per heavy atom. The summed E-state index contributed by atoms with van der Waals surface area (Å²) in [7, 11) is 0. The lowest BCUT2D eigenvalue weighted by molar-refractivity contribution is 0.622. The van der Waals surface area contributed by atoms with Gasteiger partial charge in [0.1, 0.15) is 0 Å². The average Bonchev–Trinajstić information content (AvgIpc) is 2.18. The van der Waals surface area contributed by atoms with E-state index in [1.807, 2.05) is 6.08 Å². The topological polar surface area (TPSA) is 0 Å². The molecule has 0 spiro atoms. The monoisotopic (exact) mass is 175 g/mol. The fourth-order valence-electron chi connectivity index (χ4n) is 1.48. The second kappa shape index (κ2) is 7.85. The zero-order valence-electron chi connectivity index (χ0n) is 8.34. The van der Waals surface area contributed by atoms with Crippen LogP contribution in [0.1, 0.15) is 44.9 Å². The lowest BCUT2D eigenvalue weighted by Crippen LogP contribution is -1.77. The molecule has 0 aromatic carbocycles. The molecule has 0 aromatic rings. The summed E-state index contributed by atoms with van der Waals surface area (Å²) >= 11 is 0. The molecular formula is C13H19. The van der Waals surface area contributed by atoms with E-state index in [-0.39, 0.29) is 0 Å². The van der Waals surface area contributed by atoms with Crippen LogP contribution < -0.4 is 0 Å². The highest BCUT2D eigenvalue weighted by Crippen LogP contribution is 2.08. The Bertz CT molecular complexity index is 164. The van der Waals surface area contributed by atoms with Gasteiger partial charge in [0.25, 0.3) is 0 Å². The molecule has 0 saturated heterocycles. The molecule has 0 unspecified atom stereocenters. The average molecular weight is 175 g/mol. The van der Waals surface area contributed by atoms with Gasteiger partial charge in [0, 0.05) is 0 Å². The number of allylic oxidation sites excluding steroid dienone is 6. The number of hydrogen-bond donors (Lipinski definition) is 0. The van der Waals surface area contributed by atoms with Crippen molar-refractivity contribution in [3.8, 4) is 0 Å². The van der Waals surface area contributed by atoms with Gasteiger partial charge in [-0.05, 0) is 31.8 Å². The van der Waals surface area contributed by atoms with Crippen LogP contribution in [0, 0.1) is 6.08 Å². The van der Waals surface area contributed by atoms with Crippen LogP contribution in [0.25, 0.3) is 0 Å². The summed E-state index contributed by atoms with van der Waals surface area (Å²) in [6.45, 7) is 0. The fraction of sp³-hybridized carbons (Fsp3) is 0.538. The van der Waals surface area contributed by atoms with Crippen LogP contribution in [0.15, 0.2) is 30.4 Å². The second-order valence-corrected chi connectivity index (χ2v) is 3.50. The van der Waals surface area contributed by atoms with Crippen molar-refractivity contribution in [3.05, 3.63) is 36.5 Å². The van der Waals surface area contributed by atoms with E-state index in [1.165, 1.54) is 44.9 Å². The quantitative estimate of drug-likeness (QED) is 0.517. The number of hydrogen-bond acceptors (Lipinski definition) is 0. The molecule has 0 N–H and O–H groups in total. The van der Waals surface area contributed by atoms with Gasteiger partial charge in [-0.25, -0.2) is 0 Å². The predicted octanol–water partition coefficient (Wildman–Crippen LogP) is 4.20. The van der Waals surface area contributed by atoms with E-state index in [1.54, 1.807) is 0 Å². The Hall–Kier alpha value is -0.780. The standard InChI is InChI=1S/C13H19/c1-2-4-6-8-10-12-13-11-9-7-5-3-1/h1-4,8H,5,7,9-13H2. The Balaban J connectivity index is 2.29. The highest BCUT2D eigenvalue weighted by Gasteiger charge is 1.88. The zero-order valence-corrected chi connectivity index (χ0v) is 8.34. The predicted molar refractivity (Wildman–Crippen MR) is 58.4 cm³/mol. The van der Waals surface area contributed by atoms with E-state index >= 15 is 0 Å². The SMILES string of the molecule is [C]1=CCCCCCCCC=CC=C1. The molecule has 0 aliphatic heterocycles. The van der Waals surface area contributed by atoms with E-state index in [9.17, 15) is 0 Å². The summed E-state index contributed by atoms with van der Waals surface area (Å²) in [4.78, 5) is 0. The Morgan fingerprint density at radius 3 is 2.46 bits per heavy atom. The first kappa shape index (κ1) is 10.3. The van der Waals surface area contributed by atoms with E-state index < -0.39 is 0 Å². The summed E-state index contributed by atoms with van der Waals surface area (Å²) in [5, 5.41) is 0.